The Balaban J connectivity index is 1.62. The molecule has 24 heavy (non-hydrogen) atoms. The normalized spacial score (nSPS) is 14.3. The highest BCUT2D eigenvalue weighted by atomic mass is 16.1. The van der Waals surface area contributed by atoms with Crippen LogP contribution in [0.15, 0.2) is 36.5 Å². The molecule has 7 nitrogen and oxygen atoms in total. The van der Waals surface area contributed by atoms with Crippen molar-refractivity contribution in [3.8, 4) is 0 Å². The highest BCUT2D eigenvalue weighted by molar-refractivity contribution is 5.93. The van der Waals surface area contributed by atoms with Crippen LogP contribution in [-0.4, -0.2) is 26.9 Å². The zero-order valence-electron chi connectivity index (χ0n) is 13.0. The van der Waals surface area contributed by atoms with Crippen LogP contribution in [0.2, 0.25) is 0 Å². The number of aromatic nitrogens is 3. The second-order valence-corrected chi connectivity index (χ2v) is 5.97. The molecule has 0 aliphatic heterocycles. The van der Waals surface area contributed by atoms with Crippen LogP contribution in [0.5, 0.6) is 0 Å². The van der Waals surface area contributed by atoms with E-state index in [-0.39, 0.29) is 0 Å². The summed E-state index contributed by atoms with van der Waals surface area (Å²) in [5.74, 6) is 0.887. The van der Waals surface area contributed by atoms with Gasteiger partial charge in [-0.25, -0.2) is 0 Å². The van der Waals surface area contributed by atoms with Crippen molar-refractivity contribution in [2.24, 2.45) is 5.73 Å². The lowest BCUT2D eigenvalue weighted by Gasteiger charge is -2.27. The molecule has 5 N–H and O–H groups in total. The summed E-state index contributed by atoms with van der Waals surface area (Å²) in [4.78, 5) is 23.4. The van der Waals surface area contributed by atoms with Gasteiger partial charge in [0.05, 0.1) is 5.39 Å². The maximum absolute atomic E-state index is 11.1. The number of fused-ring (bicyclic) bond motifs is 1. The molecular formula is C17H18N6O. The predicted molar refractivity (Wildman–Crippen MR) is 93.4 cm³/mol. The number of hydrogen-bond acceptors (Lipinski definition) is 5. The van der Waals surface area contributed by atoms with E-state index >= 15 is 0 Å². The maximum Gasteiger partial charge on any atom is 0.248 e. The molecule has 0 radical (unpaired) electrons. The number of nitrogens with two attached hydrogens (primary N) is 1. The summed E-state index contributed by atoms with van der Waals surface area (Å²) in [6.07, 6.45) is 5.47. The van der Waals surface area contributed by atoms with Crippen LogP contribution in [0.4, 0.5) is 17.5 Å². The number of carbonyl (C=O) groups is 1. The Morgan fingerprint density at radius 3 is 2.62 bits per heavy atom. The molecule has 1 aliphatic rings. The Labute approximate surface area is 138 Å². The van der Waals surface area contributed by atoms with E-state index in [1.807, 2.05) is 12.3 Å². The Bertz CT molecular complexity index is 882. The van der Waals surface area contributed by atoms with Crippen LogP contribution in [0.3, 0.4) is 0 Å². The van der Waals surface area contributed by atoms with Crippen molar-refractivity contribution in [1.29, 1.82) is 0 Å². The van der Waals surface area contributed by atoms with Gasteiger partial charge in [0.25, 0.3) is 0 Å². The number of carbonyl (C=O) groups excluding carboxylic acids is 1. The second kappa shape index (κ2) is 5.84. The van der Waals surface area contributed by atoms with Crippen LogP contribution in [0, 0.1) is 0 Å². The molecule has 1 aromatic carbocycles. The number of H-pyrrole nitrogens is 1. The molecule has 1 amide bonds. The molecule has 4 rings (SSSR count). The third kappa shape index (κ3) is 2.76. The van der Waals surface area contributed by atoms with E-state index < -0.39 is 5.91 Å². The first-order valence-corrected chi connectivity index (χ1v) is 7.97. The van der Waals surface area contributed by atoms with E-state index in [9.17, 15) is 4.79 Å². The van der Waals surface area contributed by atoms with Crippen molar-refractivity contribution >= 4 is 34.4 Å². The average molecular weight is 322 g/mol. The minimum absolute atomic E-state index is 0.447. The third-order valence-corrected chi connectivity index (χ3v) is 4.29. The van der Waals surface area contributed by atoms with Gasteiger partial charge in [-0.2, -0.15) is 9.97 Å². The number of rotatable bonds is 5. The fraction of sp³-hybridized carbons (Fsp3) is 0.235. The standard InChI is InChI=1S/C17H18N6O/c18-14(24)10-4-6-12(7-5-10)21-17-22-15-13(8-9-19-15)16(23-17)20-11-2-1-3-11/h4-9,11H,1-3H2,(H2,18,24)(H3,19,20,21,22,23). The van der Waals surface area contributed by atoms with Crippen LogP contribution >= 0.6 is 0 Å². The van der Waals surface area contributed by atoms with Gasteiger partial charge in [-0.3, -0.25) is 4.79 Å². The molecule has 0 unspecified atom stereocenters. The summed E-state index contributed by atoms with van der Waals surface area (Å²) in [5.41, 5.74) is 7.29. The molecule has 0 saturated heterocycles. The first-order chi connectivity index (χ1) is 11.7. The fourth-order valence-electron chi connectivity index (χ4n) is 2.70. The predicted octanol–water partition coefficient (Wildman–Crippen LogP) is 2.76. The SMILES string of the molecule is NC(=O)c1ccc(Nc2nc(NC3CCC3)c3cc[nH]c3n2)cc1. The number of anilines is 3. The van der Waals surface area contributed by atoms with E-state index in [0.717, 1.165) is 22.5 Å². The number of nitrogens with one attached hydrogen (secondary N) is 3. The highest BCUT2D eigenvalue weighted by Gasteiger charge is 2.19. The quantitative estimate of drug-likeness (QED) is 0.577. The third-order valence-electron chi connectivity index (χ3n) is 4.29. The van der Waals surface area contributed by atoms with Gasteiger partial charge in [-0.15, -0.1) is 0 Å². The van der Waals surface area contributed by atoms with Gasteiger partial charge in [0, 0.05) is 23.5 Å². The Kier molecular flexibility index (Phi) is 3.53. The van der Waals surface area contributed by atoms with E-state index in [0.29, 0.717) is 17.6 Å². The number of primary amides is 1. The topological polar surface area (TPSA) is 109 Å². The van der Waals surface area contributed by atoms with Gasteiger partial charge in [0.15, 0.2) is 0 Å². The van der Waals surface area contributed by atoms with E-state index in [1.165, 1.54) is 19.3 Å². The van der Waals surface area contributed by atoms with Gasteiger partial charge in [-0.1, -0.05) is 0 Å². The van der Waals surface area contributed by atoms with Crippen molar-refractivity contribution in [1.82, 2.24) is 15.0 Å². The molecule has 3 aromatic rings. The molecule has 0 bridgehead atoms. The lowest BCUT2D eigenvalue weighted by molar-refractivity contribution is 0.100. The molecule has 122 valence electrons. The van der Waals surface area contributed by atoms with Gasteiger partial charge < -0.3 is 21.4 Å². The maximum atomic E-state index is 11.1. The fourth-order valence-corrected chi connectivity index (χ4v) is 2.70. The molecule has 2 heterocycles. The molecule has 7 heteroatoms. The number of amides is 1. The summed E-state index contributed by atoms with van der Waals surface area (Å²) in [5, 5.41) is 7.64. The van der Waals surface area contributed by atoms with Gasteiger partial charge >= 0.3 is 0 Å². The molecule has 2 aromatic heterocycles. The molecule has 1 aliphatic carbocycles. The number of benzene rings is 1. The van der Waals surface area contributed by atoms with E-state index in [4.69, 9.17) is 5.73 Å². The summed E-state index contributed by atoms with van der Waals surface area (Å²) in [6, 6.07) is 9.36. The largest absolute Gasteiger partial charge is 0.367 e. The molecule has 0 spiro atoms. The summed E-state index contributed by atoms with van der Waals surface area (Å²) in [7, 11) is 0. The Hall–Kier alpha value is -3.09. The van der Waals surface area contributed by atoms with Crippen molar-refractivity contribution in [3.05, 3.63) is 42.1 Å². The molecular weight excluding hydrogens is 304 g/mol. The van der Waals surface area contributed by atoms with Crippen LogP contribution in [0.25, 0.3) is 11.0 Å². The Morgan fingerprint density at radius 1 is 1.17 bits per heavy atom. The van der Waals surface area contributed by atoms with Gasteiger partial charge in [0.1, 0.15) is 11.5 Å². The van der Waals surface area contributed by atoms with Crippen molar-refractivity contribution in [3.63, 3.8) is 0 Å². The van der Waals surface area contributed by atoms with E-state index in [2.05, 4.69) is 25.6 Å². The van der Waals surface area contributed by atoms with Gasteiger partial charge in [-0.05, 0) is 49.6 Å². The van der Waals surface area contributed by atoms with Crippen molar-refractivity contribution < 1.29 is 4.79 Å². The summed E-state index contributed by atoms with van der Waals surface area (Å²) >= 11 is 0. The smallest absolute Gasteiger partial charge is 0.248 e. The minimum atomic E-state index is -0.447. The second-order valence-electron chi connectivity index (χ2n) is 5.97. The number of hydrogen-bond donors (Lipinski definition) is 4. The van der Waals surface area contributed by atoms with Crippen LogP contribution < -0.4 is 16.4 Å². The monoisotopic (exact) mass is 322 g/mol. The zero-order valence-corrected chi connectivity index (χ0v) is 13.0. The lowest BCUT2D eigenvalue weighted by atomic mass is 9.93. The zero-order chi connectivity index (χ0) is 16.5. The molecule has 0 atom stereocenters. The lowest BCUT2D eigenvalue weighted by Crippen LogP contribution is -2.27. The van der Waals surface area contributed by atoms with Crippen molar-refractivity contribution in [2.45, 2.75) is 25.3 Å². The number of aromatic amines is 1. The summed E-state index contributed by atoms with van der Waals surface area (Å²) < 4.78 is 0. The van der Waals surface area contributed by atoms with Crippen molar-refractivity contribution in [2.75, 3.05) is 10.6 Å². The van der Waals surface area contributed by atoms with Gasteiger partial charge in [0.2, 0.25) is 11.9 Å². The first-order valence-electron chi connectivity index (χ1n) is 7.97. The van der Waals surface area contributed by atoms with Crippen LogP contribution in [-0.2, 0) is 0 Å². The highest BCUT2D eigenvalue weighted by Crippen LogP contribution is 2.28. The average Bonchev–Trinajstić information content (AvgIpc) is 3.00. The molecule has 1 saturated carbocycles. The summed E-state index contributed by atoms with van der Waals surface area (Å²) in [6.45, 7) is 0. The molecule has 1 fully saturated rings. The first kappa shape index (κ1) is 14.5. The minimum Gasteiger partial charge on any atom is -0.367 e. The Morgan fingerprint density at radius 2 is 1.96 bits per heavy atom. The van der Waals surface area contributed by atoms with Crippen LogP contribution in [0.1, 0.15) is 29.6 Å². The number of nitrogens with zero attached hydrogens (tertiary/aromatic N) is 2. The van der Waals surface area contributed by atoms with E-state index in [1.54, 1.807) is 24.3 Å².